The van der Waals surface area contributed by atoms with Crippen molar-refractivity contribution in [1.29, 1.82) is 0 Å². The maximum absolute atomic E-state index is 5.81. The van der Waals surface area contributed by atoms with Crippen molar-refractivity contribution in [3.05, 3.63) is 23.9 Å². The van der Waals surface area contributed by atoms with Gasteiger partial charge in [-0.1, -0.05) is 13.0 Å². The summed E-state index contributed by atoms with van der Waals surface area (Å²) in [5, 5.41) is 3.53. The molecule has 1 aromatic heterocycles. The Bertz CT molecular complexity index is 320. The Balaban J connectivity index is 1.81. The van der Waals surface area contributed by atoms with E-state index in [1.807, 2.05) is 6.07 Å². The largest absolute Gasteiger partial charge is 0.383 e. The van der Waals surface area contributed by atoms with E-state index in [1.54, 1.807) is 6.20 Å². The van der Waals surface area contributed by atoms with Gasteiger partial charge < -0.3 is 11.1 Å². The van der Waals surface area contributed by atoms with Crippen LogP contribution in [0.3, 0.4) is 0 Å². The lowest BCUT2D eigenvalue weighted by Crippen LogP contribution is -2.24. The topological polar surface area (TPSA) is 50.9 Å². The maximum Gasteiger partial charge on any atom is 0.126 e. The number of nitrogens with one attached hydrogen (secondary N) is 1. The molecule has 82 valence electrons. The molecule has 3 nitrogen and oxygen atoms in total. The van der Waals surface area contributed by atoms with Crippen molar-refractivity contribution in [2.24, 2.45) is 5.92 Å². The van der Waals surface area contributed by atoms with Gasteiger partial charge in [0.1, 0.15) is 5.82 Å². The van der Waals surface area contributed by atoms with Crippen molar-refractivity contribution in [3.8, 4) is 0 Å². The van der Waals surface area contributed by atoms with Crippen LogP contribution in [0.15, 0.2) is 18.3 Å². The number of anilines is 1. The molecule has 1 aliphatic rings. The number of aromatic nitrogens is 1. The number of nitrogens with two attached hydrogens (primary N) is 1. The Morgan fingerprint density at radius 2 is 2.40 bits per heavy atom. The monoisotopic (exact) mass is 205 g/mol. The summed E-state index contributed by atoms with van der Waals surface area (Å²) < 4.78 is 0. The lowest BCUT2D eigenvalue weighted by atomic mass is 10.0. The molecule has 0 radical (unpaired) electrons. The van der Waals surface area contributed by atoms with E-state index in [9.17, 15) is 0 Å². The summed E-state index contributed by atoms with van der Waals surface area (Å²) in [4.78, 5) is 4.10. The molecular formula is C12H19N3. The minimum Gasteiger partial charge on any atom is -0.383 e. The summed E-state index contributed by atoms with van der Waals surface area (Å²) in [5.41, 5.74) is 6.97. The van der Waals surface area contributed by atoms with E-state index in [0.717, 1.165) is 19.0 Å². The zero-order valence-electron chi connectivity index (χ0n) is 9.24. The molecule has 0 spiro atoms. The van der Waals surface area contributed by atoms with Crippen LogP contribution in [-0.2, 0) is 6.42 Å². The molecule has 2 rings (SSSR count). The van der Waals surface area contributed by atoms with Crippen molar-refractivity contribution in [1.82, 2.24) is 10.3 Å². The van der Waals surface area contributed by atoms with E-state index in [4.69, 9.17) is 5.73 Å². The highest BCUT2D eigenvalue weighted by molar-refractivity contribution is 5.38. The molecule has 0 saturated heterocycles. The third-order valence-electron chi connectivity index (χ3n) is 2.83. The smallest absolute Gasteiger partial charge is 0.126 e. The van der Waals surface area contributed by atoms with E-state index in [0.29, 0.717) is 11.7 Å². The molecule has 1 atom stereocenters. The average Bonchev–Trinajstić information content (AvgIpc) is 3.02. The summed E-state index contributed by atoms with van der Waals surface area (Å²) >= 11 is 0. The first-order valence-corrected chi connectivity index (χ1v) is 5.68. The van der Waals surface area contributed by atoms with Gasteiger partial charge in [-0.25, -0.2) is 4.98 Å². The third-order valence-corrected chi connectivity index (χ3v) is 2.83. The molecule has 1 fully saturated rings. The van der Waals surface area contributed by atoms with E-state index in [2.05, 4.69) is 23.3 Å². The summed E-state index contributed by atoms with van der Waals surface area (Å²) in [6, 6.07) is 4.81. The molecule has 1 saturated carbocycles. The molecule has 1 unspecified atom stereocenters. The van der Waals surface area contributed by atoms with Gasteiger partial charge in [0.2, 0.25) is 0 Å². The van der Waals surface area contributed by atoms with Gasteiger partial charge in [-0.15, -0.1) is 0 Å². The van der Waals surface area contributed by atoms with Crippen LogP contribution in [0.25, 0.3) is 0 Å². The SMILES string of the molecule is CC(CNC1CC1)Cc1cccnc1N. The van der Waals surface area contributed by atoms with Crippen molar-refractivity contribution >= 4 is 5.82 Å². The fourth-order valence-electron chi connectivity index (χ4n) is 1.73. The van der Waals surface area contributed by atoms with Crippen LogP contribution >= 0.6 is 0 Å². The second kappa shape index (κ2) is 4.62. The molecule has 3 N–H and O–H groups in total. The highest BCUT2D eigenvalue weighted by Crippen LogP contribution is 2.19. The number of hydrogen-bond acceptors (Lipinski definition) is 3. The van der Waals surface area contributed by atoms with Gasteiger partial charge in [0.25, 0.3) is 0 Å². The van der Waals surface area contributed by atoms with Gasteiger partial charge in [-0.2, -0.15) is 0 Å². The normalized spacial score (nSPS) is 17.7. The summed E-state index contributed by atoms with van der Waals surface area (Å²) in [6.07, 6.45) is 5.45. The molecule has 15 heavy (non-hydrogen) atoms. The highest BCUT2D eigenvalue weighted by Gasteiger charge is 2.20. The van der Waals surface area contributed by atoms with Gasteiger partial charge in [-0.05, 0) is 43.4 Å². The first-order chi connectivity index (χ1) is 7.25. The zero-order valence-corrected chi connectivity index (χ0v) is 9.24. The lowest BCUT2D eigenvalue weighted by molar-refractivity contribution is 0.509. The Labute approximate surface area is 91.1 Å². The van der Waals surface area contributed by atoms with E-state index < -0.39 is 0 Å². The molecule has 0 amide bonds. The minimum absolute atomic E-state index is 0.622. The molecule has 0 aromatic carbocycles. The Morgan fingerprint density at radius 1 is 1.60 bits per heavy atom. The van der Waals surface area contributed by atoms with Crippen molar-refractivity contribution in [2.45, 2.75) is 32.2 Å². The van der Waals surface area contributed by atoms with Crippen LogP contribution < -0.4 is 11.1 Å². The molecule has 1 aliphatic carbocycles. The molecule has 0 aliphatic heterocycles. The van der Waals surface area contributed by atoms with E-state index in [1.165, 1.54) is 18.4 Å². The van der Waals surface area contributed by atoms with Crippen LogP contribution in [-0.4, -0.2) is 17.6 Å². The Hall–Kier alpha value is -1.09. The van der Waals surface area contributed by atoms with Crippen LogP contribution in [0, 0.1) is 5.92 Å². The van der Waals surface area contributed by atoms with Crippen molar-refractivity contribution in [2.75, 3.05) is 12.3 Å². The number of pyridine rings is 1. The summed E-state index contributed by atoms with van der Waals surface area (Å²) in [7, 11) is 0. The number of rotatable bonds is 5. The zero-order chi connectivity index (χ0) is 10.7. The Morgan fingerprint density at radius 3 is 3.07 bits per heavy atom. The van der Waals surface area contributed by atoms with Crippen molar-refractivity contribution < 1.29 is 0 Å². The molecule has 3 heteroatoms. The van der Waals surface area contributed by atoms with Crippen LogP contribution in [0.4, 0.5) is 5.82 Å². The van der Waals surface area contributed by atoms with Gasteiger partial charge in [0.05, 0.1) is 0 Å². The minimum atomic E-state index is 0.622. The number of nitrogens with zero attached hydrogens (tertiary/aromatic N) is 1. The number of hydrogen-bond donors (Lipinski definition) is 2. The van der Waals surface area contributed by atoms with Gasteiger partial charge in [-0.3, -0.25) is 0 Å². The molecule has 0 bridgehead atoms. The van der Waals surface area contributed by atoms with Crippen LogP contribution in [0.2, 0.25) is 0 Å². The molecular weight excluding hydrogens is 186 g/mol. The second-order valence-electron chi connectivity index (χ2n) is 4.54. The van der Waals surface area contributed by atoms with E-state index >= 15 is 0 Å². The van der Waals surface area contributed by atoms with Crippen LogP contribution in [0.1, 0.15) is 25.3 Å². The fraction of sp³-hybridized carbons (Fsp3) is 0.583. The first kappa shape index (κ1) is 10.4. The fourth-order valence-corrected chi connectivity index (χ4v) is 1.73. The van der Waals surface area contributed by atoms with Crippen LogP contribution in [0.5, 0.6) is 0 Å². The lowest BCUT2D eigenvalue weighted by Gasteiger charge is -2.13. The summed E-state index contributed by atoms with van der Waals surface area (Å²) in [6.45, 7) is 3.33. The highest BCUT2D eigenvalue weighted by atomic mass is 14.9. The van der Waals surface area contributed by atoms with Gasteiger partial charge >= 0.3 is 0 Å². The predicted octanol–water partition coefficient (Wildman–Crippen LogP) is 1.59. The standard InChI is InChI=1S/C12H19N3/c1-9(8-15-11-4-5-11)7-10-3-2-6-14-12(10)13/h2-3,6,9,11,15H,4-5,7-8H2,1H3,(H2,13,14). The number of nitrogen functional groups attached to an aromatic ring is 1. The Kier molecular flexibility index (Phi) is 3.21. The van der Waals surface area contributed by atoms with Crippen molar-refractivity contribution in [3.63, 3.8) is 0 Å². The van der Waals surface area contributed by atoms with Gasteiger partial charge in [0.15, 0.2) is 0 Å². The predicted molar refractivity (Wildman–Crippen MR) is 62.5 cm³/mol. The maximum atomic E-state index is 5.81. The summed E-state index contributed by atoms with van der Waals surface area (Å²) in [5.74, 6) is 1.30. The van der Waals surface area contributed by atoms with E-state index in [-0.39, 0.29) is 0 Å². The second-order valence-corrected chi connectivity index (χ2v) is 4.54. The molecule has 1 heterocycles. The average molecular weight is 205 g/mol. The first-order valence-electron chi connectivity index (χ1n) is 5.68. The third kappa shape index (κ3) is 3.20. The van der Waals surface area contributed by atoms with Gasteiger partial charge in [0, 0.05) is 12.2 Å². The quantitative estimate of drug-likeness (QED) is 0.767. The molecule has 1 aromatic rings.